The zero-order valence-electron chi connectivity index (χ0n) is 15.6. The molecule has 8 heteroatoms. The Labute approximate surface area is 155 Å². The summed E-state index contributed by atoms with van der Waals surface area (Å²) in [6, 6.07) is 0. The molecule has 4 heterocycles. The van der Waals surface area contributed by atoms with Crippen molar-refractivity contribution in [1.82, 2.24) is 9.13 Å². The molecular weight excluding hydrogens is 354 g/mol. The number of hydrogen-bond donors (Lipinski definition) is 1. The van der Waals surface area contributed by atoms with E-state index in [-0.39, 0.29) is 16.9 Å². The summed E-state index contributed by atoms with van der Waals surface area (Å²) in [6.45, 7) is 9.50. The van der Waals surface area contributed by atoms with Crippen molar-refractivity contribution in [3.8, 4) is 0 Å². The predicted molar refractivity (Wildman–Crippen MR) is 100 cm³/mol. The standard InChI is InChI=1S/C18H25N3O4S/c1-18(2)10-13-12(11-25-18)14-15(26-13)16(22)19(3)17(23)21(14)5-4-20-6-8-24-9-7-20/h4-11H2,1-3H3/p+1. The molecule has 0 saturated carbocycles. The fourth-order valence-corrected chi connectivity index (χ4v) is 5.33. The lowest BCUT2D eigenvalue weighted by atomic mass is 9.98. The van der Waals surface area contributed by atoms with Crippen LogP contribution in [0.2, 0.25) is 0 Å². The minimum absolute atomic E-state index is 0.197. The number of ether oxygens (including phenoxy) is 2. The average molecular weight is 380 g/mol. The number of hydrogen-bond acceptors (Lipinski definition) is 5. The van der Waals surface area contributed by atoms with Crippen LogP contribution < -0.4 is 16.1 Å². The molecule has 0 bridgehead atoms. The molecule has 4 rings (SSSR count). The first-order chi connectivity index (χ1) is 12.4. The lowest BCUT2D eigenvalue weighted by Crippen LogP contribution is -3.14. The number of fused-ring (bicyclic) bond motifs is 3. The summed E-state index contributed by atoms with van der Waals surface area (Å²) in [6.07, 6.45) is 0.772. The number of aromatic nitrogens is 2. The largest absolute Gasteiger partial charge is 0.370 e. The first-order valence-electron chi connectivity index (χ1n) is 9.17. The van der Waals surface area contributed by atoms with Crippen molar-refractivity contribution in [1.29, 1.82) is 0 Å². The van der Waals surface area contributed by atoms with Crippen molar-refractivity contribution in [2.75, 3.05) is 32.8 Å². The summed E-state index contributed by atoms with van der Waals surface area (Å²) in [5.74, 6) is 0. The van der Waals surface area contributed by atoms with E-state index in [1.807, 2.05) is 0 Å². The summed E-state index contributed by atoms with van der Waals surface area (Å²) < 4.78 is 15.1. The second kappa shape index (κ2) is 6.60. The Hall–Kier alpha value is -1.48. The number of nitrogens with zero attached hydrogens (tertiary/aromatic N) is 2. The van der Waals surface area contributed by atoms with Crippen molar-refractivity contribution in [2.24, 2.45) is 7.05 Å². The Bertz CT molecular complexity index is 950. The van der Waals surface area contributed by atoms with Crippen LogP contribution in [0, 0.1) is 0 Å². The van der Waals surface area contributed by atoms with Crippen molar-refractivity contribution < 1.29 is 14.4 Å². The highest BCUT2D eigenvalue weighted by Crippen LogP contribution is 2.37. The van der Waals surface area contributed by atoms with Crippen molar-refractivity contribution >= 4 is 21.6 Å². The van der Waals surface area contributed by atoms with Crippen LogP contribution in [0.15, 0.2) is 9.59 Å². The third kappa shape index (κ3) is 3.05. The van der Waals surface area contributed by atoms with Gasteiger partial charge in [0.25, 0.3) is 5.56 Å². The highest BCUT2D eigenvalue weighted by molar-refractivity contribution is 7.19. The zero-order chi connectivity index (χ0) is 18.5. The highest BCUT2D eigenvalue weighted by atomic mass is 32.1. The third-order valence-electron chi connectivity index (χ3n) is 5.43. The molecule has 0 radical (unpaired) electrons. The fraction of sp³-hybridized carbons (Fsp3) is 0.667. The van der Waals surface area contributed by atoms with E-state index in [1.165, 1.54) is 25.7 Å². The molecule has 2 aliphatic rings. The second-order valence-electron chi connectivity index (χ2n) is 7.82. The Morgan fingerprint density at radius 1 is 1.23 bits per heavy atom. The van der Waals surface area contributed by atoms with Gasteiger partial charge in [0.2, 0.25) is 0 Å². The fourth-order valence-electron chi connectivity index (χ4n) is 3.83. The van der Waals surface area contributed by atoms with Gasteiger partial charge in [0.1, 0.15) is 17.8 Å². The predicted octanol–water partition coefficient (Wildman–Crippen LogP) is -0.472. The normalized spacial score (nSPS) is 20.4. The number of nitrogens with one attached hydrogen (secondary N) is 1. The van der Waals surface area contributed by atoms with E-state index in [4.69, 9.17) is 9.47 Å². The van der Waals surface area contributed by atoms with Crippen LogP contribution in [0.5, 0.6) is 0 Å². The summed E-state index contributed by atoms with van der Waals surface area (Å²) in [4.78, 5) is 28.1. The Balaban J connectivity index is 1.79. The maximum atomic E-state index is 12.8. The summed E-state index contributed by atoms with van der Waals surface area (Å²) >= 11 is 1.53. The van der Waals surface area contributed by atoms with Crippen LogP contribution in [-0.2, 0) is 36.1 Å². The van der Waals surface area contributed by atoms with E-state index in [0.29, 0.717) is 17.9 Å². The lowest BCUT2D eigenvalue weighted by molar-refractivity contribution is -0.908. The van der Waals surface area contributed by atoms with E-state index in [9.17, 15) is 9.59 Å². The Morgan fingerprint density at radius 3 is 2.69 bits per heavy atom. The minimum Gasteiger partial charge on any atom is -0.370 e. The van der Waals surface area contributed by atoms with Gasteiger partial charge in [0, 0.05) is 23.9 Å². The molecule has 2 aromatic heterocycles. The number of rotatable bonds is 3. The molecule has 0 amide bonds. The molecule has 1 saturated heterocycles. The topological polar surface area (TPSA) is 66.9 Å². The average Bonchev–Trinajstić information content (AvgIpc) is 2.98. The number of morpholine rings is 1. The van der Waals surface area contributed by atoms with E-state index in [1.54, 1.807) is 11.6 Å². The SMILES string of the molecule is Cn1c(=O)c2sc3c(c2n(CC[NH+]2CCOCC2)c1=O)COC(C)(C)C3. The zero-order valence-corrected chi connectivity index (χ0v) is 16.4. The van der Waals surface area contributed by atoms with Gasteiger partial charge in [0.15, 0.2) is 0 Å². The smallest absolute Gasteiger partial charge is 0.331 e. The molecule has 0 spiro atoms. The maximum Gasteiger partial charge on any atom is 0.331 e. The summed E-state index contributed by atoms with van der Waals surface area (Å²) in [5, 5.41) is 0. The molecule has 7 nitrogen and oxygen atoms in total. The van der Waals surface area contributed by atoms with Crippen molar-refractivity contribution in [2.45, 2.75) is 39.0 Å². The number of quaternary nitrogens is 1. The molecule has 0 aromatic carbocycles. The van der Waals surface area contributed by atoms with Crippen LogP contribution in [-0.4, -0.2) is 47.6 Å². The van der Waals surface area contributed by atoms with Gasteiger partial charge in [-0.1, -0.05) is 0 Å². The van der Waals surface area contributed by atoms with Gasteiger partial charge >= 0.3 is 5.69 Å². The van der Waals surface area contributed by atoms with Gasteiger partial charge in [0.05, 0.1) is 44.0 Å². The third-order valence-corrected chi connectivity index (χ3v) is 6.64. The molecule has 2 aromatic rings. The second-order valence-corrected chi connectivity index (χ2v) is 8.92. The molecule has 0 aliphatic carbocycles. The van der Waals surface area contributed by atoms with Gasteiger partial charge < -0.3 is 14.4 Å². The first-order valence-corrected chi connectivity index (χ1v) is 9.98. The van der Waals surface area contributed by atoms with Crippen LogP contribution in [0.25, 0.3) is 10.2 Å². The van der Waals surface area contributed by atoms with Crippen molar-refractivity contribution in [3.63, 3.8) is 0 Å². The molecule has 1 N–H and O–H groups in total. The highest BCUT2D eigenvalue weighted by Gasteiger charge is 2.31. The molecular formula is C18H26N3O4S+. The Morgan fingerprint density at radius 2 is 1.96 bits per heavy atom. The van der Waals surface area contributed by atoms with Gasteiger partial charge in [-0.05, 0) is 13.8 Å². The molecule has 1 fully saturated rings. The van der Waals surface area contributed by atoms with Gasteiger partial charge in [-0.3, -0.25) is 13.9 Å². The van der Waals surface area contributed by atoms with Crippen molar-refractivity contribution in [3.05, 3.63) is 31.3 Å². The van der Waals surface area contributed by atoms with E-state index < -0.39 is 0 Å². The molecule has 26 heavy (non-hydrogen) atoms. The summed E-state index contributed by atoms with van der Waals surface area (Å²) in [7, 11) is 1.57. The monoisotopic (exact) mass is 380 g/mol. The van der Waals surface area contributed by atoms with E-state index in [0.717, 1.165) is 50.3 Å². The summed E-state index contributed by atoms with van der Waals surface area (Å²) in [5.41, 5.74) is 1.15. The minimum atomic E-state index is -0.236. The maximum absolute atomic E-state index is 12.8. The van der Waals surface area contributed by atoms with E-state index >= 15 is 0 Å². The molecule has 142 valence electrons. The molecule has 2 aliphatic heterocycles. The van der Waals surface area contributed by atoms with Crippen LogP contribution in [0.3, 0.4) is 0 Å². The van der Waals surface area contributed by atoms with E-state index in [2.05, 4.69) is 13.8 Å². The Kier molecular flexibility index (Phi) is 4.54. The van der Waals surface area contributed by atoms with Crippen LogP contribution >= 0.6 is 11.3 Å². The quantitative estimate of drug-likeness (QED) is 0.782. The first kappa shape index (κ1) is 17.9. The van der Waals surface area contributed by atoms with Crippen LogP contribution in [0.4, 0.5) is 0 Å². The van der Waals surface area contributed by atoms with Gasteiger partial charge in [-0.15, -0.1) is 11.3 Å². The molecule has 0 atom stereocenters. The lowest BCUT2D eigenvalue weighted by Gasteiger charge is -2.30. The molecule has 0 unspecified atom stereocenters. The van der Waals surface area contributed by atoms with Crippen LogP contribution in [0.1, 0.15) is 24.3 Å². The van der Waals surface area contributed by atoms with Gasteiger partial charge in [-0.2, -0.15) is 0 Å². The number of thiophene rings is 1. The van der Waals surface area contributed by atoms with Gasteiger partial charge in [-0.25, -0.2) is 4.79 Å².